The first-order valence-corrected chi connectivity index (χ1v) is 16.5. The summed E-state index contributed by atoms with van der Waals surface area (Å²) in [5.41, 5.74) is 3.51. The molecule has 13 heteroatoms. The van der Waals surface area contributed by atoms with Gasteiger partial charge in [-0.2, -0.15) is 0 Å². The van der Waals surface area contributed by atoms with Crippen LogP contribution in [0.1, 0.15) is 35.8 Å². The van der Waals surface area contributed by atoms with E-state index in [9.17, 15) is 29.3 Å². The monoisotopic (exact) mass is 657 g/mol. The molecule has 2 aliphatic heterocycles. The number of nitrogens with zero attached hydrogens (tertiary/aromatic N) is 4. The molecule has 46 heavy (non-hydrogen) atoms. The normalized spacial score (nSPS) is 18.7. The van der Waals surface area contributed by atoms with Crippen molar-refractivity contribution in [3.63, 3.8) is 0 Å². The van der Waals surface area contributed by atoms with Gasteiger partial charge in [-0.3, -0.25) is 33.9 Å². The van der Waals surface area contributed by atoms with Crippen molar-refractivity contribution >= 4 is 63.6 Å². The van der Waals surface area contributed by atoms with Crippen LogP contribution >= 0.6 is 23.1 Å². The molecular formula is C33H31N5O6S2. The maximum atomic E-state index is 14.1. The number of carbonyl (C=O) groups is 3. The van der Waals surface area contributed by atoms with Crippen molar-refractivity contribution in [2.45, 2.75) is 43.5 Å². The lowest BCUT2D eigenvalue weighted by Crippen LogP contribution is -2.33. The third-order valence-electron chi connectivity index (χ3n) is 8.39. The summed E-state index contributed by atoms with van der Waals surface area (Å²) >= 11 is 2.11. The van der Waals surface area contributed by atoms with Crippen molar-refractivity contribution in [3.8, 4) is 0 Å². The molecule has 3 heterocycles. The molecule has 1 fully saturated rings. The Kier molecular flexibility index (Phi) is 8.53. The molecule has 0 saturated carbocycles. The number of amides is 3. The minimum Gasteiger partial charge on any atom is -0.372 e. The average Bonchev–Trinajstić information content (AvgIpc) is 3.49. The summed E-state index contributed by atoms with van der Waals surface area (Å²) in [6.07, 6.45) is 0. The van der Waals surface area contributed by atoms with Crippen LogP contribution in [0.25, 0.3) is 0 Å². The van der Waals surface area contributed by atoms with Gasteiger partial charge in [0.2, 0.25) is 17.7 Å². The quantitative estimate of drug-likeness (QED) is 0.144. The molecule has 3 amide bonds. The van der Waals surface area contributed by atoms with Crippen LogP contribution in [0, 0.1) is 23.0 Å². The van der Waals surface area contributed by atoms with Gasteiger partial charge in [0.1, 0.15) is 11.8 Å². The molecule has 1 aromatic heterocycles. The van der Waals surface area contributed by atoms with Gasteiger partial charge in [-0.25, -0.2) is 4.90 Å². The van der Waals surface area contributed by atoms with Crippen molar-refractivity contribution in [1.29, 1.82) is 0 Å². The van der Waals surface area contributed by atoms with Crippen molar-refractivity contribution < 1.29 is 19.3 Å². The second kappa shape index (κ2) is 12.6. The van der Waals surface area contributed by atoms with E-state index in [4.69, 9.17) is 0 Å². The van der Waals surface area contributed by atoms with E-state index >= 15 is 0 Å². The summed E-state index contributed by atoms with van der Waals surface area (Å²) in [5.74, 6) is -2.75. The second-order valence-corrected chi connectivity index (χ2v) is 13.3. The number of hydrogen-bond acceptors (Lipinski definition) is 9. The van der Waals surface area contributed by atoms with Crippen LogP contribution in [0.15, 0.2) is 82.6 Å². The number of nitro groups is 1. The highest BCUT2D eigenvalue weighted by Crippen LogP contribution is 2.54. The lowest BCUT2D eigenvalue weighted by Gasteiger charge is -2.31. The van der Waals surface area contributed by atoms with Gasteiger partial charge in [-0.15, -0.1) is 0 Å². The first kappa shape index (κ1) is 31.2. The number of carbonyl (C=O) groups excluding carboxylic acids is 3. The van der Waals surface area contributed by atoms with E-state index in [1.807, 2.05) is 43.3 Å². The van der Waals surface area contributed by atoms with E-state index < -0.39 is 39.7 Å². The molecule has 6 rings (SSSR count). The SMILES string of the molecule is CCN(CC)c1ccc(C2c3sc(=O)n(CC(=O)Nc4ccc(C)cc4)c3SC3C(=O)N(c4ccc([N+](=O)[O-])cc4)C(=O)C32)cc1. The molecule has 0 bridgehead atoms. The highest BCUT2D eigenvalue weighted by Gasteiger charge is 2.56. The molecule has 3 aromatic carbocycles. The third-order valence-corrected chi connectivity index (χ3v) is 11.0. The zero-order valence-electron chi connectivity index (χ0n) is 25.3. The molecule has 0 radical (unpaired) electrons. The smallest absolute Gasteiger partial charge is 0.308 e. The summed E-state index contributed by atoms with van der Waals surface area (Å²) in [4.78, 5) is 68.9. The highest BCUT2D eigenvalue weighted by atomic mass is 32.2. The van der Waals surface area contributed by atoms with Gasteiger partial charge in [0, 0.05) is 47.4 Å². The fourth-order valence-electron chi connectivity index (χ4n) is 6.05. The van der Waals surface area contributed by atoms with Gasteiger partial charge >= 0.3 is 4.87 Å². The number of thioether (sulfide) groups is 1. The fraction of sp³-hybridized carbons (Fsp3) is 0.273. The van der Waals surface area contributed by atoms with Gasteiger partial charge < -0.3 is 10.2 Å². The van der Waals surface area contributed by atoms with E-state index in [-0.39, 0.29) is 22.8 Å². The number of hydrogen-bond donors (Lipinski definition) is 1. The predicted molar refractivity (Wildman–Crippen MR) is 179 cm³/mol. The van der Waals surface area contributed by atoms with Gasteiger partial charge in [0.05, 0.1) is 21.6 Å². The van der Waals surface area contributed by atoms with Crippen LogP contribution < -0.4 is 20.0 Å². The molecule has 3 unspecified atom stereocenters. The number of nitro benzene ring substituents is 1. The molecule has 11 nitrogen and oxygen atoms in total. The van der Waals surface area contributed by atoms with Crippen molar-refractivity contribution in [2.75, 3.05) is 28.2 Å². The highest BCUT2D eigenvalue weighted by molar-refractivity contribution is 8.00. The molecule has 3 atom stereocenters. The van der Waals surface area contributed by atoms with Crippen LogP contribution in [0.2, 0.25) is 0 Å². The number of imide groups is 1. The maximum Gasteiger partial charge on any atom is 0.308 e. The van der Waals surface area contributed by atoms with E-state index in [2.05, 4.69) is 24.1 Å². The molecule has 0 aliphatic carbocycles. The van der Waals surface area contributed by atoms with Crippen LogP contribution in [0.3, 0.4) is 0 Å². The fourth-order valence-corrected chi connectivity index (χ4v) is 8.83. The zero-order valence-corrected chi connectivity index (χ0v) is 27.0. The third kappa shape index (κ3) is 5.60. The Morgan fingerprint density at radius 1 is 0.935 bits per heavy atom. The Bertz CT molecular complexity index is 1880. The van der Waals surface area contributed by atoms with E-state index in [1.165, 1.54) is 28.8 Å². The largest absolute Gasteiger partial charge is 0.372 e. The molecule has 4 aromatic rings. The number of aromatic nitrogens is 1. The van der Waals surface area contributed by atoms with Gasteiger partial charge in [0.25, 0.3) is 5.69 Å². The number of rotatable bonds is 9. The summed E-state index contributed by atoms with van der Waals surface area (Å²) in [6.45, 7) is 7.45. The first-order valence-electron chi connectivity index (χ1n) is 14.8. The predicted octanol–water partition coefficient (Wildman–Crippen LogP) is 5.41. The van der Waals surface area contributed by atoms with Gasteiger partial charge in [-0.05, 0) is 62.7 Å². The number of thiazole rings is 1. The standard InChI is InChI=1S/C33H31N5O6S2/c1-4-35(5-2)22-12-8-20(9-13-22)26-27-28(31(41)37(30(27)40)23-14-16-24(17-15-23)38(43)44)45-32-29(26)46-33(42)36(32)18-25(39)34-21-10-6-19(3)7-11-21/h6-17,26-28H,4-5,18H2,1-3H3,(H,34,39). The summed E-state index contributed by atoms with van der Waals surface area (Å²) in [6, 6.07) is 20.4. The van der Waals surface area contributed by atoms with Crippen LogP contribution in [-0.2, 0) is 20.9 Å². The summed E-state index contributed by atoms with van der Waals surface area (Å²) in [7, 11) is 0. The minimum atomic E-state index is -0.872. The van der Waals surface area contributed by atoms with Gasteiger partial charge in [0.15, 0.2) is 0 Å². The lowest BCUT2D eigenvalue weighted by atomic mass is 9.83. The first-order chi connectivity index (χ1) is 22.1. The van der Waals surface area contributed by atoms with Gasteiger partial charge in [-0.1, -0.05) is 52.9 Å². The maximum absolute atomic E-state index is 14.1. The number of aryl methyl sites for hydroxylation is 1. The summed E-state index contributed by atoms with van der Waals surface area (Å²) < 4.78 is 1.38. The number of nitrogens with one attached hydrogen (secondary N) is 1. The number of anilines is 3. The second-order valence-electron chi connectivity index (χ2n) is 11.1. The topological polar surface area (TPSA) is 135 Å². The Balaban J connectivity index is 1.40. The molecule has 2 aliphatic rings. The summed E-state index contributed by atoms with van der Waals surface area (Å²) in [5, 5.41) is 13.7. The molecule has 236 valence electrons. The Morgan fingerprint density at radius 3 is 2.20 bits per heavy atom. The molecular weight excluding hydrogens is 627 g/mol. The average molecular weight is 658 g/mol. The Hall–Kier alpha value is -4.75. The van der Waals surface area contributed by atoms with Crippen LogP contribution in [-0.4, -0.2) is 45.6 Å². The minimum absolute atomic E-state index is 0.157. The van der Waals surface area contributed by atoms with Crippen LogP contribution in [0.5, 0.6) is 0 Å². The molecule has 1 saturated heterocycles. The zero-order chi connectivity index (χ0) is 32.7. The molecule has 1 N–H and O–H groups in total. The van der Waals surface area contributed by atoms with Crippen molar-refractivity contribution in [2.24, 2.45) is 5.92 Å². The van der Waals surface area contributed by atoms with E-state index in [1.54, 1.807) is 12.1 Å². The molecule has 0 spiro atoms. The van der Waals surface area contributed by atoms with Crippen LogP contribution in [0.4, 0.5) is 22.7 Å². The number of fused-ring (bicyclic) bond motifs is 2. The van der Waals surface area contributed by atoms with Crippen molar-refractivity contribution in [1.82, 2.24) is 4.57 Å². The lowest BCUT2D eigenvalue weighted by molar-refractivity contribution is -0.384. The number of non-ortho nitro benzene ring substituents is 1. The number of benzene rings is 3. The van der Waals surface area contributed by atoms with E-state index in [0.717, 1.165) is 57.9 Å². The van der Waals surface area contributed by atoms with Crippen molar-refractivity contribution in [3.05, 3.63) is 109 Å². The Labute approximate surface area is 273 Å². The Morgan fingerprint density at radius 2 is 1.59 bits per heavy atom. The van der Waals surface area contributed by atoms with E-state index in [0.29, 0.717) is 15.6 Å².